The molecule has 10 heteroatoms. The third kappa shape index (κ3) is 3.81. The highest BCUT2D eigenvalue weighted by molar-refractivity contribution is 8.22. The highest BCUT2D eigenvalue weighted by atomic mass is 32.2. The third-order valence-corrected chi connectivity index (χ3v) is 5.80. The molecule has 2 rings (SSSR count). The fraction of sp³-hybridized carbons (Fsp3) is 0.538. The topological polar surface area (TPSA) is 95.9 Å². The first-order valence-corrected chi connectivity index (χ1v) is 9.27. The van der Waals surface area contributed by atoms with Gasteiger partial charge in [0.05, 0.1) is 0 Å². The SMILES string of the molecule is CCSC(=S)OCC(=O)NC1C(=O)N2C(C(=O)O)=C(C)CSC12. The number of aliphatic carboxylic acids is 1. The molecule has 2 N–H and O–H groups in total. The molecule has 0 saturated carbocycles. The van der Waals surface area contributed by atoms with Crippen molar-refractivity contribution in [1.29, 1.82) is 0 Å². The molecule has 126 valence electrons. The van der Waals surface area contributed by atoms with Gasteiger partial charge in [-0.1, -0.05) is 18.7 Å². The number of ether oxygens (including phenoxy) is 1. The number of nitrogens with one attached hydrogen (secondary N) is 1. The molecule has 2 aliphatic rings. The number of hydrogen-bond donors (Lipinski definition) is 2. The first-order chi connectivity index (χ1) is 10.9. The molecule has 0 radical (unpaired) electrons. The lowest BCUT2D eigenvalue weighted by molar-refractivity contribution is -0.151. The van der Waals surface area contributed by atoms with E-state index in [4.69, 9.17) is 17.0 Å². The number of β-lactam (4-membered cyclic amide) rings is 1. The van der Waals surface area contributed by atoms with Crippen LogP contribution in [0.5, 0.6) is 0 Å². The second kappa shape index (κ2) is 7.54. The van der Waals surface area contributed by atoms with E-state index >= 15 is 0 Å². The van der Waals surface area contributed by atoms with Crippen LogP contribution in [0.1, 0.15) is 13.8 Å². The van der Waals surface area contributed by atoms with Crippen molar-refractivity contribution in [2.45, 2.75) is 25.3 Å². The van der Waals surface area contributed by atoms with E-state index in [0.29, 0.717) is 11.3 Å². The molecule has 2 atom stereocenters. The minimum absolute atomic E-state index is 0.0148. The van der Waals surface area contributed by atoms with Crippen molar-refractivity contribution in [3.63, 3.8) is 0 Å². The number of amides is 2. The number of carboxylic acid groups (broad SMARTS) is 1. The van der Waals surface area contributed by atoms with E-state index in [1.165, 1.54) is 28.4 Å². The van der Waals surface area contributed by atoms with E-state index in [9.17, 15) is 19.5 Å². The zero-order valence-electron chi connectivity index (χ0n) is 12.5. The summed E-state index contributed by atoms with van der Waals surface area (Å²) < 4.78 is 5.39. The fourth-order valence-electron chi connectivity index (χ4n) is 2.27. The van der Waals surface area contributed by atoms with E-state index in [1.54, 1.807) is 6.92 Å². The third-order valence-electron chi connectivity index (χ3n) is 3.26. The lowest BCUT2D eigenvalue weighted by atomic mass is 10.0. The number of carboxylic acids is 1. The molecule has 1 saturated heterocycles. The van der Waals surface area contributed by atoms with Crippen molar-refractivity contribution in [2.24, 2.45) is 0 Å². The Morgan fingerprint density at radius 2 is 2.26 bits per heavy atom. The number of hydrogen-bond acceptors (Lipinski definition) is 7. The summed E-state index contributed by atoms with van der Waals surface area (Å²) in [5.74, 6) is -0.741. The number of fused-ring (bicyclic) bond motifs is 1. The van der Waals surface area contributed by atoms with Gasteiger partial charge in [-0.05, 0) is 30.5 Å². The number of thiocarbonyl (C=S) groups is 1. The summed E-state index contributed by atoms with van der Waals surface area (Å²) >= 11 is 7.65. The normalized spacial score (nSPS) is 23.0. The minimum Gasteiger partial charge on any atom is -0.477 e. The average molecular weight is 376 g/mol. The van der Waals surface area contributed by atoms with Gasteiger partial charge in [-0.25, -0.2) is 4.79 Å². The Kier molecular flexibility index (Phi) is 5.93. The Labute approximate surface area is 147 Å². The molecule has 1 fully saturated rings. The van der Waals surface area contributed by atoms with Gasteiger partial charge in [0.25, 0.3) is 11.8 Å². The minimum atomic E-state index is -1.13. The Bertz CT molecular complexity index is 592. The fourth-order valence-corrected chi connectivity index (χ4v) is 4.36. The van der Waals surface area contributed by atoms with Crippen molar-refractivity contribution in [3.8, 4) is 0 Å². The molecule has 2 aliphatic heterocycles. The molecule has 2 unspecified atom stereocenters. The van der Waals surface area contributed by atoms with Crippen molar-refractivity contribution >= 4 is 57.9 Å². The highest BCUT2D eigenvalue weighted by Gasteiger charge is 2.53. The molecule has 7 nitrogen and oxygen atoms in total. The van der Waals surface area contributed by atoms with E-state index in [2.05, 4.69) is 5.32 Å². The average Bonchev–Trinajstić information content (AvgIpc) is 2.50. The zero-order chi connectivity index (χ0) is 17.1. The van der Waals surface area contributed by atoms with Crippen LogP contribution in [0.4, 0.5) is 0 Å². The van der Waals surface area contributed by atoms with Crippen molar-refractivity contribution in [2.75, 3.05) is 18.1 Å². The van der Waals surface area contributed by atoms with E-state index in [1.807, 2.05) is 6.92 Å². The number of nitrogens with zero attached hydrogens (tertiary/aromatic N) is 1. The van der Waals surface area contributed by atoms with Gasteiger partial charge in [0.2, 0.25) is 4.38 Å². The van der Waals surface area contributed by atoms with E-state index in [0.717, 1.165) is 5.75 Å². The van der Waals surface area contributed by atoms with Gasteiger partial charge < -0.3 is 15.2 Å². The Morgan fingerprint density at radius 3 is 2.87 bits per heavy atom. The summed E-state index contributed by atoms with van der Waals surface area (Å²) in [7, 11) is 0. The highest BCUT2D eigenvalue weighted by Crippen LogP contribution is 2.40. The predicted octanol–water partition coefficient (Wildman–Crippen LogP) is 0.799. The first-order valence-electron chi connectivity index (χ1n) is 6.83. The van der Waals surface area contributed by atoms with E-state index in [-0.39, 0.29) is 16.7 Å². The maximum atomic E-state index is 12.2. The van der Waals surface area contributed by atoms with Crippen LogP contribution in [0, 0.1) is 0 Å². The summed E-state index contributed by atoms with van der Waals surface area (Å²) in [5, 5.41) is 11.4. The predicted molar refractivity (Wildman–Crippen MR) is 92.0 cm³/mol. The number of thioether (sulfide) groups is 2. The largest absolute Gasteiger partial charge is 0.477 e. The van der Waals surface area contributed by atoms with Crippen molar-refractivity contribution < 1.29 is 24.2 Å². The molecule has 2 heterocycles. The Hall–Kier alpha value is -1.26. The summed E-state index contributed by atoms with van der Waals surface area (Å²) in [6.07, 6.45) is 0. The lowest BCUT2D eigenvalue weighted by Gasteiger charge is -2.49. The quantitative estimate of drug-likeness (QED) is 0.537. The van der Waals surface area contributed by atoms with Gasteiger partial charge in [0.15, 0.2) is 6.61 Å². The molecule has 0 aromatic carbocycles. The number of carbonyl (C=O) groups excluding carboxylic acids is 2. The van der Waals surface area contributed by atoms with Crippen LogP contribution in [0.15, 0.2) is 11.3 Å². The van der Waals surface area contributed by atoms with Gasteiger partial charge in [-0.2, -0.15) is 0 Å². The summed E-state index contributed by atoms with van der Waals surface area (Å²) in [4.78, 5) is 36.5. The summed E-state index contributed by atoms with van der Waals surface area (Å²) in [5.41, 5.74) is 0.656. The van der Waals surface area contributed by atoms with Crippen LogP contribution in [0.2, 0.25) is 0 Å². The number of rotatable bonds is 5. The molecule has 0 aromatic heterocycles. The van der Waals surface area contributed by atoms with E-state index < -0.39 is 29.2 Å². The van der Waals surface area contributed by atoms with Crippen LogP contribution in [0.3, 0.4) is 0 Å². The van der Waals surface area contributed by atoms with Crippen LogP contribution in [0.25, 0.3) is 0 Å². The summed E-state index contributed by atoms with van der Waals surface area (Å²) in [6.45, 7) is 3.34. The van der Waals surface area contributed by atoms with Crippen molar-refractivity contribution in [1.82, 2.24) is 10.2 Å². The smallest absolute Gasteiger partial charge is 0.352 e. The maximum absolute atomic E-state index is 12.2. The van der Waals surface area contributed by atoms with Gasteiger partial charge >= 0.3 is 5.97 Å². The molecule has 23 heavy (non-hydrogen) atoms. The molecule has 0 bridgehead atoms. The molecular formula is C13H16N2O5S3. The molecule has 2 amide bonds. The van der Waals surface area contributed by atoms with Crippen LogP contribution in [-0.2, 0) is 19.1 Å². The number of carbonyl (C=O) groups is 3. The molecule has 0 aliphatic carbocycles. The molecule has 0 aromatic rings. The summed E-state index contributed by atoms with van der Waals surface area (Å²) in [6, 6.07) is -0.731. The van der Waals surface area contributed by atoms with Crippen molar-refractivity contribution in [3.05, 3.63) is 11.3 Å². The van der Waals surface area contributed by atoms with Gasteiger partial charge in [-0.3, -0.25) is 14.5 Å². The second-order valence-electron chi connectivity index (χ2n) is 4.86. The first kappa shape index (κ1) is 18.1. The van der Waals surface area contributed by atoms with Gasteiger partial charge in [0.1, 0.15) is 17.1 Å². The molecular weight excluding hydrogens is 360 g/mol. The van der Waals surface area contributed by atoms with Crippen LogP contribution in [-0.4, -0.2) is 61.7 Å². The van der Waals surface area contributed by atoms with Gasteiger partial charge in [0, 0.05) is 5.75 Å². The zero-order valence-corrected chi connectivity index (χ0v) is 15.0. The Morgan fingerprint density at radius 1 is 1.57 bits per heavy atom. The van der Waals surface area contributed by atoms with Crippen LogP contribution >= 0.6 is 35.7 Å². The monoisotopic (exact) mass is 376 g/mol. The Balaban J connectivity index is 1.92. The lowest BCUT2D eigenvalue weighted by Crippen LogP contribution is -2.70. The van der Waals surface area contributed by atoms with Crippen LogP contribution < -0.4 is 5.32 Å². The maximum Gasteiger partial charge on any atom is 0.352 e. The standard InChI is InChI=1S/C13H16N2O5S3/c1-3-22-13(21)20-4-7(16)14-8-10(17)15-9(12(18)19)6(2)5-23-11(8)15/h8,11H,3-5H2,1-2H3,(H,14,16)(H,18,19). The second-order valence-corrected chi connectivity index (χ2v) is 7.83. The molecule has 0 spiro atoms. The van der Waals surface area contributed by atoms with Gasteiger partial charge in [-0.15, -0.1) is 11.8 Å².